The number of carbonyl (C=O) groups excluding carboxylic acids is 2. The number of ether oxygens (including phenoxy) is 1. The second-order valence-electron chi connectivity index (χ2n) is 7.29. The van der Waals surface area contributed by atoms with Gasteiger partial charge in [-0.05, 0) is 48.0 Å². The summed E-state index contributed by atoms with van der Waals surface area (Å²) in [6.45, 7) is -0.931. The fourth-order valence-corrected chi connectivity index (χ4v) is 4.16. The lowest BCUT2D eigenvalue weighted by molar-refractivity contribution is -0.136. The Balaban J connectivity index is 1.81. The van der Waals surface area contributed by atoms with Crippen LogP contribution in [0.5, 0.6) is 17.2 Å². The molecule has 0 fully saturated rings. The number of anilines is 1. The van der Waals surface area contributed by atoms with Crippen LogP contribution in [0.25, 0.3) is 0 Å². The molecule has 11 heteroatoms. The second-order valence-corrected chi connectivity index (χ2v) is 10.1. The van der Waals surface area contributed by atoms with Gasteiger partial charge in [0.2, 0.25) is 5.78 Å². The Kier molecular flexibility index (Phi) is 7.83. The van der Waals surface area contributed by atoms with Gasteiger partial charge in [-0.1, -0.05) is 35.3 Å². The lowest BCUT2D eigenvalue weighted by Crippen LogP contribution is -2.25. The van der Waals surface area contributed by atoms with Crippen LogP contribution in [0.3, 0.4) is 0 Å². The summed E-state index contributed by atoms with van der Waals surface area (Å²) in [5.41, 5.74) is 1.43. The number of aliphatic hydroxyl groups is 1. The summed E-state index contributed by atoms with van der Waals surface area (Å²) >= 11 is 12.5. The molecule has 0 aliphatic heterocycles. The van der Waals surface area contributed by atoms with Crippen LogP contribution in [0.2, 0.25) is 10.0 Å². The SMILES string of the molecule is CS(=O)(=O)c1ccc(Cc2cc(Oc3c(Cl)cc(NC(=O)C(=O)CO)cc3Cl)ccc2O)cc1. The first kappa shape index (κ1) is 25.5. The molecule has 0 saturated heterocycles. The summed E-state index contributed by atoms with van der Waals surface area (Å²) in [7, 11) is -3.31. The first-order valence-electron chi connectivity index (χ1n) is 9.70. The number of phenolic OH excluding ortho intramolecular Hbond substituents is 1. The largest absolute Gasteiger partial charge is 0.508 e. The van der Waals surface area contributed by atoms with Crippen LogP contribution in [0.15, 0.2) is 59.5 Å². The molecule has 0 heterocycles. The van der Waals surface area contributed by atoms with Gasteiger partial charge < -0.3 is 20.3 Å². The number of ketones is 1. The lowest BCUT2D eigenvalue weighted by atomic mass is 10.0. The number of aliphatic hydroxyl groups excluding tert-OH is 1. The number of hydrogen-bond acceptors (Lipinski definition) is 7. The maximum Gasteiger partial charge on any atom is 0.294 e. The molecule has 1 amide bonds. The minimum atomic E-state index is -3.31. The number of Topliss-reactive ketones (excluding diaryl/α,β-unsaturated/α-hetero) is 1. The number of amides is 1. The Morgan fingerprint density at radius 2 is 1.62 bits per heavy atom. The van der Waals surface area contributed by atoms with Gasteiger partial charge in [-0.2, -0.15) is 0 Å². The summed E-state index contributed by atoms with van der Waals surface area (Å²) in [5.74, 6) is -1.62. The summed E-state index contributed by atoms with van der Waals surface area (Å²) < 4.78 is 29.0. The monoisotopic (exact) mass is 523 g/mol. The van der Waals surface area contributed by atoms with Crippen molar-refractivity contribution in [1.82, 2.24) is 0 Å². The van der Waals surface area contributed by atoms with Crippen molar-refractivity contribution in [3.05, 3.63) is 75.8 Å². The summed E-state index contributed by atoms with van der Waals surface area (Å²) in [5, 5.41) is 21.4. The van der Waals surface area contributed by atoms with E-state index >= 15 is 0 Å². The average molecular weight is 524 g/mol. The molecule has 0 atom stereocenters. The van der Waals surface area contributed by atoms with Gasteiger partial charge in [0.15, 0.2) is 15.6 Å². The fraction of sp³-hybridized carbons (Fsp3) is 0.130. The van der Waals surface area contributed by atoms with E-state index in [2.05, 4.69) is 5.32 Å². The zero-order chi connectivity index (χ0) is 25.0. The highest BCUT2D eigenvalue weighted by Gasteiger charge is 2.17. The van der Waals surface area contributed by atoms with Crippen molar-refractivity contribution < 1.29 is 33.0 Å². The maximum atomic E-state index is 11.6. The smallest absolute Gasteiger partial charge is 0.294 e. The zero-order valence-corrected chi connectivity index (χ0v) is 20.0. The van der Waals surface area contributed by atoms with Crippen LogP contribution >= 0.6 is 23.2 Å². The van der Waals surface area contributed by atoms with Gasteiger partial charge in [-0.25, -0.2) is 8.42 Å². The Bertz CT molecular complexity index is 1330. The summed E-state index contributed by atoms with van der Waals surface area (Å²) in [4.78, 5) is 23.1. The molecule has 0 bridgehead atoms. The molecule has 3 N–H and O–H groups in total. The highest BCUT2D eigenvalue weighted by molar-refractivity contribution is 7.90. The molecule has 178 valence electrons. The Morgan fingerprint density at radius 3 is 2.18 bits per heavy atom. The van der Waals surface area contributed by atoms with E-state index in [9.17, 15) is 23.1 Å². The molecule has 0 aliphatic rings. The van der Waals surface area contributed by atoms with Crippen LogP contribution < -0.4 is 10.1 Å². The summed E-state index contributed by atoms with van der Waals surface area (Å²) in [6, 6.07) is 13.5. The van der Waals surface area contributed by atoms with E-state index in [0.29, 0.717) is 17.7 Å². The summed E-state index contributed by atoms with van der Waals surface area (Å²) in [6.07, 6.45) is 1.43. The van der Waals surface area contributed by atoms with Gasteiger partial charge >= 0.3 is 0 Å². The van der Waals surface area contributed by atoms with Crippen molar-refractivity contribution in [2.24, 2.45) is 0 Å². The predicted molar refractivity (Wildman–Crippen MR) is 128 cm³/mol. The van der Waals surface area contributed by atoms with E-state index in [1.807, 2.05) is 0 Å². The molecule has 0 unspecified atom stereocenters. The number of halogens is 2. The fourth-order valence-electron chi connectivity index (χ4n) is 2.96. The van der Waals surface area contributed by atoms with Gasteiger partial charge in [-0.3, -0.25) is 9.59 Å². The first-order valence-corrected chi connectivity index (χ1v) is 12.4. The van der Waals surface area contributed by atoms with Crippen molar-refractivity contribution in [3.63, 3.8) is 0 Å². The van der Waals surface area contributed by atoms with E-state index in [1.165, 1.54) is 36.4 Å². The van der Waals surface area contributed by atoms with E-state index in [-0.39, 0.29) is 32.1 Å². The number of rotatable bonds is 8. The molecular formula is C23H19Cl2NO7S. The van der Waals surface area contributed by atoms with Gasteiger partial charge in [-0.15, -0.1) is 0 Å². The number of carbonyl (C=O) groups is 2. The number of benzene rings is 3. The molecule has 0 saturated carbocycles. The van der Waals surface area contributed by atoms with Gasteiger partial charge in [0, 0.05) is 23.9 Å². The first-order chi connectivity index (χ1) is 16.0. The maximum absolute atomic E-state index is 11.6. The highest BCUT2D eigenvalue weighted by Crippen LogP contribution is 2.39. The average Bonchev–Trinajstić information content (AvgIpc) is 2.77. The Hall–Kier alpha value is -3.11. The Morgan fingerprint density at radius 1 is 1.00 bits per heavy atom. The molecule has 0 radical (unpaired) electrons. The van der Waals surface area contributed by atoms with Crippen molar-refractivity contribution in [3.8, 4) is 17.2 Å². The molecule has 0 aliphatic carbocycles. The van der Waals surface area contributed by atoms with Gasteiger partial charge in [0.05, 0.1) is 14.9 Å². The number of sulfone groups is 1. The number of hydrogen-bond donors (Lipinski definition) is 3. The van der Waals surface area contributed by atoms with E-state index in [4.69, 9.17) is 33.0 Å². The van der Waals surface area contributed by atoms with Gasteiger partial charge in [0.1, 0.15) is 18.1 Å². The third kappa shape index (κ3) is 6.27. The van der Waals surface area contributed by atoms with Crippen LogP contribution in [-0.4, -0.2) is 43.2 Å². The second kappa shape index (κ2) is 10.4. The number of nitrogens with one attached hydrogen (secondary N) is 1. The minimum Gasteiger partial charge on any atom is -0.508 e. The van der Waals surface area contributed by atoms with E-state index < -0.39 is 28.1 Å². The molecule has 0 aromatic heterocycles. The minimum absolute atomic E-state index is 0.0170. The van der Waals surface area contributed by atoms with Crippen LogP contribution in [0, 0.1) is 0 Å². The van der Waals surface area contributed by atoms with Crippen molar-refractivity contribution in [2.45, 2.75) is 11.3 Å². The third-order valence-electron chi connectivity index (χ3n) is 4.67. The normalized spacial score (nSPS) is 11.2. The number of phenols is 1. The molecular weight excluding hydrogens is 505 g/mol. The zero-order valence-electron chi connectivity index (χ0n) is 17.7. The lowest BCUT2D eigenvalue weighted by Gasteiger charge is -2.14. The topological polar surface area (TPSA) is 130 Å². The number of aromatic hydroxyl groups is 1. The highest BCUT2D eigenvalue weighted by atomic mass is 35.5. The molecule has 3 aromatic rings. The quantitative estimate of drug-likeness (QED) is 0.380. The van der Waals surface area contributed by atoms with Crippen LogP contribution in [-0.2, 0) is 25.8 Å². The Labute approximate surface area is 205 Å². The van der Waals surface area contributed by atoms with E-state index in [0.717, 1.165) is 11.8 Å². The predicted octanol–water partition coefficient (Wildman–Crippen LogP) is 3.99. The van der Waals surface area contributed by atoms with Crippen LogP contribution in [0.1, 0.15) is 11.1 Å². The standard InChI is InChI=1S/C23H19Cl2NO7S/c1-34(31,32)17-5-2-13(3-6-17)8-14-9-16(4-7-20(14)28)33-22-18(24)10-15(11-19(22)25)26-23(30)21(29)12-27/h2-7,9-11,27-28H,8,12H2,1H3,(H,26,30). The molecule has 8 nitrogen and oxygen atoms in total. The van der Waals surface area contributed by atoms with E-state index in [1.54, 1.807) is 18.2 Å². The molecule has 0 spiro atoms. The molecule has 3 aromatic carbocycles. The molecule has 3 rings (SSSR count). The molecule has 34 heavy (non-hydrogen) atoms. The van der Waals surface area contributed by atoms with Crippen molar-refractivity contribution in [2.75, 3.05) is 18.2 Å². The third-order valence-corrected chi connectivity index (χ3v) is 6.36. The van der Waals surface area contributed by atoms with Crippen LogP contribution in [0.4, 0.5) is 5.69 Å². The van der Waals surface area contributed by atoms with Crippen molar-refractivity contribution in [1.29, 1.82) is 0 Å². The van der Waals surface area contributed by atoms with Gasteiger partial charge in [0.25, 0.3) is 5.91 Å². The van der Waals surface area contributed by atoms with Crippen molar-refractivity contribution >= 4 is 50.4 Å².